The third-order valence-electron chi connectivity index (χ3n) is 3.99. The van der Waals surface area contributed by atoms with E-state index in [0.29, 0.717) is 11.5 Å². The average molecular weight is 380 g/mol. The number of carbonyl (C=O) groups is 2. The number of fused-ring (bicyclic) bond motifs is 1. The summed E-state index contributed by atoms with van der Waals surface area (Å²) >= 11 is 0. The number of benzene rings is 2. The molecule has 1 heterocycles. The zero-order valence-electron chi connectivity index (χ0n) is 15.7. The van der Waals surface area contributed by atoms with Gasteiger partial charge in [0.2, 0.25) is 0 Å². The van der Waals surface area contributed by atoms with Gasteiger partial charge in [0.15, 0.2) is 0 Å². The maximum Gasteiger partial charge on any atom is 0.425 e. The number of methoxy groups -OCH3 is 1. The largest absolute Gasteiger partial charge is 0.452 e. The van der Waals surface area contributed by atoms with Gasteiger partial charge < -0.3 is 15.0 Å². The molecule has 1 aromatic heterocycles. The predicted octanol–water partition coefficient (Wildman–Crippen LogP) is 3.10. The summed E-state index contributed by atoms with van der Waals surface area (Å²) in [6.07, 6.45) is -0.764. The minimum absolute atomic E-state index is 0.560. The molecule has 3 N–H and O–H groups in total. The van der Waals surface area contributed by atoms with Gasteiger partial charge in [-0.3, -0.25) is 0 Å². The molecule has 9 heteroatoms. The zero-order valence-corrected chi connectivity index (χ0v) is 15.7. The Morgan fingerprint density at radius 2 is 1.71 bits per heavy atom. The first-order valence-corrected chi connectivity index (χ1v) is 8.46. The number of nitrogens with one attached hydrogen (secondary N) is 3. The van der Waals surface area contributed by atoms with E-state index in [9.17, 15) is 9.59 Å². The molecule has 0 saturated heterocycles. The van der Waals surface area contributed by atoms with Crippen molar-refractivity contribution < 1.29 is 14.3 Å². The van der Waals surface area contributed by atoms with Crippen LogP contribution in [0.15, 0.2) is 48.5 Å². The molecule has 0 radical (unpaired) electrons. The number of urea groups is 1. The molecule has 144 valence electrons. The van der Waals surface area contributed by atoms with Crippen LogP contribution in [-0.4, -0.2) is 36.2 Å². The Hall–Kier alpha value is -3.88. The normalized spacial score (nSPS) is 10.2. The lowest BCUT2D eigenvalue weighted by Crippen LogP contribution is -2.43. The number of aromatic nitrogens is 2. The SMILES string of the molecule is COC(=O)NNC(=O)Nc1ccc(N(C)c2nc(C)nc3ccccc23)cc1. The Morgan fingerprint density at radius 1 is 1.00 bits per heavy atom. The monoisotopic (exact) mass is 380 g/mol. The fourth-order valence-corrected chi connectivity index (χ4v) is 2.64. The van der Waals surface area contributed by atoms with Crippen LogP contribution in [0, 0.1) is 6.92 Å². The van der Waals surface area contributed by atoms with Crippen molar-refractivity contribution in [2.24, 2.45) is 0 Å². The fourth-order valence-electron chi connectivity index (χ4n) is 2.64. The van der Waals surface area contributed by atoms with E-state index in [1.54, 1.807) is 12.1 Å². The van der Waals surface area contributed by atoms with Crippen molar-refractivity contribution >= 4 is 40.2 Å². The lowest BCUT2D eigenvalue weighted by molar-refractivity contribution is 0.166. The molecule has 2 aromatic carbocycles. The van der Waals surface area contributed by atoms with E-state index < -0.39 is 12.1 Å². The first-order chi connectivity index (χ1) is 13.5. The van der Waals surface area contributed by atoms with Crippen molar-refractivity contribution in [2.45, 2.75) is 6.92 Å². The van der Waals surface area contributed by atoms with Crippen LogP contribution in [0.3, 0.4) is 0 Å². The molecule has 9 nitrogen and oxygen atoms in total. The Morgan fingerprint density at radius 3 is 2.43 bits per heavy atom. The van der Waals surface area contributed by atoms with Crippen LogP contribution in [0.25, 0.3) is 10.9 Å². The summed E-state index contributed by atoms with van der Waals surface area (Å²) < 4.78 is 4.37. The highest BCUT2D eigenvalue weighted by Crippen LogP contribution is 2.29. The summed E-state index contributed by atoms with van der Waals surface area (Å²) in [5.74, 6) is 1.48. The molecule has 3 amide bonds. The molecule has 0 saturated carbocycles. The van der Waals surface area contributed by atoms with Crippen LogP contribution in [0.4, 0.5) is 26.8 Å². The minimum atomic E-state index is -0.764. The van der Waals surface area contributed by atoms with Crippen LogP contribution in [-0.2, 0) is 4.74 Å². The molecular formula is C19H20N6O3. The van der Waals surface area contributed by atoms with Gasteiger partial charge in [-0.15, -0.1) is 0 Å². The molecule has 0 aliphatic rings. The molecule has 3 rings (SSSR count). The van der Waals surface area contributed by atoms with E-state index in [0.717, 1.165) is 22.4 Å². The van der Waals surface area contributed by atoms with Crippen LogP contribution in [0.1, 0.15) is 5.82 Å². The minimum Gasteiger partial charge on any atom is -0.452 e. The maximum atomic E-state index is 11.7. The average Bonchev–Trinajstić information content (AvgIpc) is 2.71. The predicted molar refractivity (Wildman–Crippen MR) is 106 cm³/mol. The van der Waals surface area contributed by atoms with Gasteiger partial charge in [0.05, 0.1) is 12.6 Å². The number of hydrazine groups is 1. The number of hydrogen-bond donors (Lipinski definition) is 3. The van der Waals surface area contributed by atoms with Gasteiger partial charge in [0.25, 0.3) is 0 Å². The van der Waals surface area contributed by atoms with E-state index in [4.69, 9.17) is 0 Å². The van der Waals surface area contributed by atoms with Crippen LogP contribution in [0.2, 0.25) is 0 Å². The quantitative estimate of drug-likeness (QED) is 0.603. The summed E-state index contributed by atoms with van der Waals surface area (Å²) in [6.45, 7) is 1.86. The number of amides is 3. The van der Waals surface area contributed by atoms with Gasteiger partial charge in [-0.25, -0.2) is 30.4 Å². The van der Waals surface area contributed by atoms with Crippen molar-refractivity contribution in [3.8, 4) is 0 Å². The highest BCUT2D eigenvalue weighted by atomic mass is 16.5. The lowest BCUT2D eigenvalue weighted by Gasteiger charge is -2.21. The molecule has 0 unspecified atom stereocenters. The van der Waals surface area contributed by atoms with Crippen LogP contribution < -0.4 is 21.1 Å². The molecule has 28 heavy (non-hydrogen) atoms. The van der Waals surface area contributed by atoms with Gasteiger partial charge in [0.1, 0.15) is 11.6 Å². The number of rotatable bonds is 3. The van der Waals surface area contributed by atoms with Gasteiger partial charge in [-0.2, -0.15) is 0 Å². The molecule has 0 bridgehead atoms. The second-order valence-electron chi connectivity index (χ2n) is 5.91. The molecule has 0 spiro atoms. The molecule has 0 atom stereocenters. The number of hydrogen-bond acceptors (Lipinski definition) is 6. The summed E-state index contributed by atoms with van der Waals surface area (Å²) in [6, 6.07) is 14.4. The number of aryl methyl sites for hydroxylation is 1. The lowest BCUT2D eigenvalue weighted by atomic mass is 10.2. The van der Waals surface area contributed by atoms with E-state index in [1.807, 2.05) is 55.3 Å². The first-order valence-electron chi connectivity index (χ1n) is 8.46. The number of carbonyl (C=O) groups excluding carboxylic acids is 2. The first kappa shape index (κ1) is 18.9. The molecular weight excluding hydrogens is 360 g/mol. The highest BCUT2D eigenvalue weighted by molar-refractivity contribution is 5.92. The van der Waals surface area contributed by atoms with Gasteiger partial charge >= 0.3 is 12.1 Å². The van der Waals surface area contributed by atoms with E-state index in [-0.39, 0.29) is 0 Å². The standard InChI is InChI=1S/C19H20N6O3/c1-12-20-16-7-5-4-6-15(16)17(21-12)25(2)14-10-8-13(9-11-14)22-18(26)23-24-19(27)28-3/h4-11H,1-3H3,(H,24,27)(H2,22,23,26). The van der Waals surface area contributed by atoms with Gasteiger partial charge in [0, 0.05) is 23.8 Å². The van der Waals surface area contributed by atoms with Crippen molar-refractivity contribution in [3.05, 3.63) is 54.4 Å². The summed E-state index contributed by atoms with van der Waals surface area (Å²) in [5.41, 5.74) is 6.58. The van der Waals surface area contributed by atoms with Gasteiger partial charge in [-0.05, 0) is 43.3 Å². The number of nitrogens with zero attached hydrogens (tertiary/aromatic N) is 3. The van der Waals surface area contributed by atoms with E-state index in [2.05, 4.69) is 30.9 Å². The smallest absolute Gasteiger partial charge is 0.425 e. The van der Waals surface area contributed by atoms with E-state index in [1.165, 1.54) is 7.11 Å². The molecule has 0 aliphatic heterocycles. The highest BCUT2D eigenvalue weighted by Gasteiger charge is 2.12. The Bertz CT molecular complexity index is 1010. The number of anilines is 3. The molecule has 3 aromatic rings. The van der Waals surface area contributed by atoms with Crippen LogP contribution >= 0.6 is 0 Å². The Labute approximate surface area is 161 Å². The van der Waals surface area contributed by atoms with Crippen LogP contribution in [0.5, 0.6) is 0 Å². The van der Waals surface area contributed by atoms with Crippen molar-refractivity contribution in [1.29, 1.82) is 0 Å². The van der Waals surface area contributed by atoms with Gasteiger partial charge in [-0.1, -0.05) is 12.1 Å². The Kier molecular flexibility index (Phi) is 5.54. The molecule has 0 fully saturated rings. The Balaban J connectivity index is 1.75. The molecule has 0 aliphatic carbocycles. The fraction of sp³-hybridized carbons (Fsp3) is 0.158. The van der Waals surface area contributed by atoms with Crippen molar-refractivity contribution in [1.82, 2.24) is 20.8 Å². The topological polar surface area (TPSA) is 108 Å². The number of ether oxygens (including phenoxy) is 1. The maximum absolute atomic E-state index is 11.7. The number of para-hydroxylation sites is 1. The summed E-state index contributed by atoms with van der Waals surface area (Å²) in [5, 5.41) is 3.55. The second-order valence-corrected chi connectivity index (χ2v) is 5.91. The third-order valence-corrected chi connectivity index (χ3v) is 3.99. The van der Waals surface area contributed by atoms with Crippen molar-refractivity contribution in [3.63, 3.8) is 0 Å². The zero-order chi connectivity index (χ0) is 20.1. The third kappa shape index (κ3) is 4.26. The van der Waals surface area contributed by atoms with E-state index >= 15 is 0 Å². The summed E-state index contributed by atoms with van der Waals surface area (Å²) in [7, 11) is 3.12. The second kappa shape index (κ2) is 8.21. The summed E-state index contributed by atoms with van der Waals surface area (Å²) in [4.78, 5) is 33.7. The van der Waals surface area contributed by atoms with Crippen molar-refractivity contribution in [2.75, 3.05) is 24.4 Å².